The third-order valence-electron chi connectivity index (χ3n) is 3.36. The van der Waals surface area contributed by atoms with E-state index in [1.165, 1.54) is 0 Å². The number of benzene rings is 1. The second kappa shape index (κ2) is 6.14. The van der Waals surface area contributed by atoms with Crippen LogP contribution in [0.3, 0.4) is 0 Å². The summed E-state index contributed by atoms with van der Waals surface area (Å²) in [6, 6.07) is 7.56. The number of halogens is 3. The van der Waals surface area contributed by atoms with Crippen molar-refractivity contribution in [3.63, 3.8) is 0 Å². The van der Waals surface area contributed by atoms with E-state index in [4.69, 9.17) is 10.5 Å². The minimum Gasteiger partial charge on any atom is -0.455 e. The molecule has 128 valence electrons. The van der Waals surface area contributed by atoms with Crippen LogP contribution in [0.4, 0.5) is 13.2 Å². The number of amides is 1. The van der Waals surface area contributed by atoms with E-state index in [1.54, 1.807) is 24.3 Å². The van der Waals surface area contributed by atoms with Crippen molar-refractivity contribution < 1.29 is 22.7 Å². The molecule has 0 aliphatic heterocycles. The molecule has 1 aromatic carbocycles. The molecule has 1 amide bonds. The highest BCUT2D eigenvalue weighted by Crippen LogP contribution is 2.34. The summed E-state index contributed by atoms with van der Waals surface area (Å²) in [6.07, 6.45) is -4.05. The van der Waals surface area contributed by atoms with Crippen molar-refractivity contribution >= 4 is 5.91 Å². The number of hydrogen-bond acceptors (Lipinski definition) is 3. The molecule has 24 heavy (non-hydrogen) atoms. The fraction of sp³-hybridized carbons (Fsp3) is 0.294. The first-order valence-corrected chi connectivity index (χ1v) is 7.14. The highest BCUT2D eigenvalue weighted by molar-refractivity contribution is 5.93. The second-order valence-corrected chi connectivity index (χ2v) is 6.31. The quantitative estimate of drug-likeness (QED) is 0.908. The van der Waals surface area contributed by atoms with Gasteiger partial charge in [0.1, 0.15) is 5.75 Å². The average molecular weight is 338 g/mol. The maximum Gasteiger partial charge on any atom is 0.418 e. The molecule has 0 spiro atoms. The number of hydrogen-bond donors (Lipinski definition) is 1. The van der Waals surface area contributed by atoms with Crippen molar-refractivity contribution in [2.75, 3.05) is 0 Å². The first kappa shape index (κ1) is 17.8. The first-order valence-electron chi connectivity index (χ1n) is 7.14. The van der Waals surface area contributed by atoms with Gasteiger partial charge in [0, 0.05) is 6.20 Å². The lowest BCUT2D eigenvalue weighted by molar-refractivity contribution is -0.137. The lowest BCUT2D eigenvalue weighted by Gasteiger charge is -2.19. The zero-order chi connectivity index (χ0) is 18.1. The molecule has 0 unspecified atom stereocenters. The number of aromatic nitrogens is 1. The Morgan fingerprint density at radius 1 is 1.08 bits per heavy atom. The lowest BCUT2D eigenvalue weighted by atomic mass is 9.87. The molecule has 2 rings (SSSR count). The Labute approximate surface area is 137 Å². The zero-order valence-corrected chi connectivity index (χ0v) is 13.4. The van der Waals surface area contributed by atoms with Crippen molar-refractivity contribution in [3.05, 3.63) is 53.3 Å². The van der Waals surface area contributed by atoms with Crippen LogP contribution in [0.25, 0.3) is 0 Å². The number of rotatable bonds is 3. The molecule has 0 fully saturated rings. The van der Waals surface area contributed by atoms with Crippen LogP contribution >= 0.6 is 0 Å². The minimum atomic E-state index is -4.60. The van der Waals surface area contributed by atoms with Gasteiger partial charge in [-0.1, -0.05) is 32.9 Å². The summed E-state index contributed by atoms with van der Waals surface area (Å²) in [5.74, 6) is -1.02. The van der Waals surface area contributed by atoms with Gasteiger partial charge in [0.2, 0.25) is 0 Å². The van der Waals surface area contributed by atoms with E-state index in [1.807, 2.05) is 20.8 Å². The number of nitrogens with zero attached hydrogens (tertiary/aromatic N) is 1. The van der Waals surface area contributed by atoms with E-state index in [-0.39, 0.29) is 22.6 Å². The summed E-state index contributed by atoms with van der Waals surface area (Å²) in [7, 11) is 0. The van der Waals surface area contributed by atoms with E-state index in [0.717, 1.165) is 5.56 Å². The molecular weight excluding hydrogens is 321 g/mol. The molecule has 2 aromatic rings. The predicted molar refractivity (Wildman–Crippen MR) is 83.0 cm³/mol. The average Bonchev–Trinajstić information content (AvgIpc) is 2.45. The summed E-state index contributed by atoms with van der Waals surface area (Å²) < 4.78 is 43.8. The normalized spacial score (nSPS) is 12.1. The highest BCUT2D eigenvalue weighted by Gasteiger charge is 2.32. The van der Waals surface area contributed by atoms with Crippen molar-refractivity contribution in [1.82, 2.24) is 4.98 Å². The third kappa shape index (κ3) is 4.04. The maximum absolute atomic E-state index is 12.8. The minimum absolute atomic E-state index is 0.0747. The van der Waals surface area contributed by atoms with Gasteiger partial charge in [-0.2, -0.15) is 13.2 Å². The molecule has 0 aliphatic rings. The van der Waals surface area contributed by atoms with Crippen LogP contribution in [0.1, 0.15) is 42.4 Å². The van der Waals surface area contributed by atoms with Crippen molar-refractivity contribution in [1.29, 1.82) is 0 Å². The van der Waals surface area contributed by atoms with Crippen molar-refractivity contribution in [2.45, 2.75) is 32.4 Å². The summed E-state index contributed by atoms with van der Waals surface area (Å²) in [5, 5.41) is 0. The van der Waals surface area contributed by atoms with Gasteiger partial charge in [0.25, 0.3) is 5.91 Å². The Morgan fingerprint density at radius 3 is 2.12 bits per heavy atom. The Hall–Kier alpha value is -2.57. The number of ether oxygens (including phenoxy) is 1. The number of nitrogens with two attached hydrogens (primary N) is 1. The van der Waals surface area contributed by atoms with Crippen LogP contribution in [0, 0.1) is 0 Å². The van der Waals surface area contributed by atoms with Gasteiger partial charge in [-0.25, -0.2) is 4.98 Å². The second-order valence-electron chi connectivity index (χ2n) is 6.31. The topological polar surface area (TPSA) is 65.2 Å². The smallest absolute Gasteiger partial charge is 0.418 e. The molecule has 1 heterocycles. The largest absolute Gasteiger partial charge is 0.455 e. The number of carbonyl (C=O) groups is 1. The van der Waals surface area contributed by atoms with Gasteiger partial charge in [0.05, 0.1) is 5.56 Å². The molecule has 7 heteroatoms. The fourth-order valence-corrected chi connectivity index (χ4v) is 2.01. The van der Waals surface area contributed by atoms with Gasteiger partial charge in [0.15, 0.2) is 11.4 Å². The first-order chi connectivity index (χ1) is 11.0. The van der Waals surface area contributed by atoms with Crippen LogP contribution in [-0.4, -0.2) is 10.9 Å². The molecule has 0 bridgehead atoms. The van der Waals surface area contributed by atoms with Crippen molar-refractivity contribution in [3.8, 4) is 11.5 Å². The van der Waals surface area contributed by atoms with E-state index >= 15 is 0 Å². The van der Waals surface area contributed by atoms with Gasteiger partial charge in [-0.15, -0.1) is 0 Å². The fourth-order valence-electron chi connectivity index (χ4n) is 2.01. The van der Waals surface area contributed by atoms with Crippen LogP contribution < -0.4 is 10.5 Å². The molecule has 0 saturated heterocycles. The van der Waals surface area contributed by atoms with E-state index < -0.39 is 17.6 Å². The SMILES string of the molecule is CC(C)(C)c1ccc(Oc2cc(C(F)(F)F)cnc2C(N)=O)cc1. The number of alkyl halides is 3. The van der Waals surface area contributed by atoms with E-state index in [2.05, 4.69) is 4.98 Å². The number of carbonyl (C=O) groups excluding carboxylic acids is 1. The summed E-state index contributed by atoms with van der Waals surface area (Å²) in [5.41, 5.74) is 4.73. The Balaban J connectivity index is 2.38. The van der Waals surface area contributed by atoms with Crippen LogP contribution in [-0.2, 0) is 11.6 Å². The standard InChI is InChI=1S/C17H17F3N2O2/c1-16(2,3)10-4-6-12(7-5-10)24-13-8-11(17(18,19)20)9-22-14(13)15(21)23/h4-9H,1-3H3,(H2,21,23). The molecule has 0 atom stereocenters. The van der Waals surface area contributed by atoms with E-state index in [0.29, 0.717) is 12.3 Å². The molecule has 1 aromatic heterocycles. The molecular formula is C17H17F3N2O2. The summed E-state index contributed by atoms with van der Waals surface area (Å²) in [4.78, 5) is 14.8. The van der Waals surface area contributed by atoms with Gasteiger partial charge in [-0.05, 0) is 29.2 Å². The third-order valence-corrected chi connectivity index (χ3v) is 3.36. The molecule has 0 saturated carbocycles. The molecule has 0 aliphatic carbocycles. The molecule has 2 N–H and O–H groups in total. The Kier molecular flexibility index (Phi) is 4.55. The van der Waals surface area contributed by atoms with Gasteiger partial charge in [-0.3, -0.25) is 4.79 Å². The summed E-state index contributed by atoms with van der Waals surface area (Å²) >= 11 is 0. The van der Waals surface area contributed by atoms with Crippen LogP contribution in [0.15, 0.2) is 36.5 Å². The number of pyridine rings is 1. The maximum atomic E-state index is 12.8. The summed E-state index contributed by atoms with van der Waals surface area (Å²) in [6.45, 7) is 6.10. The van der Waals surface area contributed by atoms with Crippen LogP contribution in [0.2, 0.25) is 0 Å². The van der Waals surface area contributed by atoms with Crippen molar-refractivity contribution in [2.24, 2.45) is 5.73 Å². The number of primary amides is 1. The van der Waals surface area contributed by atoms with Crippen LogP contribution in [0.5, 0.6) is 11.5 Å². The van der Waals surface area contributed by atoms with Gasteiger partial charge >= 0.3 is 6.18 Å². The molecule has 0 radical (unpaired) electrons. The Bertz CT molecular complexity index is 748. The zero-order valence-electron chi connectivity index (χ0n) is 13.4. The lowest BCUT2D eigenvalue weighted by Crippen LogP contribution is -2.16. The highest BCUT2D eigenvalue weighted by atomic mass is 19.4. The van der Waals surface area contributed by atoms with Gasteiger partial charge < -0.3 is 10.5 Å². The predicted octanol–water partition coefficient (Wildman–Crippen LogP) is 4.29. The monoisotopic (exact) mass is 338 g/mol. The Morgan fingerprint density at radius 2 is 1.67 bits per heavy atom. The molecule has 4 nitrogen and oxygen atoms in total. The van der Waals surface area contributed by atoms with E-state index in [9.17, 15) is 18.0 Å².